The summed E-state index contributed by atoms with van der Waals surface area (Å²) >= 11 is 0. The number of rotatable bonds is 8. The summed E-state index contributed by atoms with van der Waals surface area (Å²) < 4.78 is 33.0. The first-order valence-electron chi connectivity index (χ1n) is 13.2. The average molecular weight is 512 g/mol. The Kier molecular flexibility index (Phi) is 7.16. The van der Waals surface area contributed by atoms with Crippen LogP contribution >= 0.6 is 0 Å². The number of halogens is 2. The third-order valence-electron chi connectivity index (χ3n) is 7.53. The number of aromatic nitrogens is 3. The summed E-state index contributed by atoms with van der Waals surface area (Å²) in [4.78, 5) is 16.7. The minimum absolute atomic E-state index is 0.0420. The van der Waals surface area contributed by atoms with E-state index in [1.165, 1.54) is 18.6 Å². The van der Waals surface area contributed by atoms with E-state index in [2.05, 4.69) is 10.2 Å². The molecule has 1 saturated carbocycles. The second kappa shape index (κ2) is 10.4. The Bertz CT molecular complexity index is 1250. The highest BCUT2D eigenvalue weighted by molar-refractivity contribution is 5.80. The van der Waals surface area contributed by atoms with Gasteiger partial charge in [0.2, 0.25) is 0 Å². The van der Waals surface area contributed by atoms with E-state index >= 15 is 0 Å². The predicted molar refractivity (Wildman–Crippen MR) is 140 cm³/mol. The fourth-order valence-corrected chi connectivity index (χ4v) is 5.53. The van der Waals surface area contributed by atoms with Crippen LogP contribution in [0.1, 0.15) is 64.5 Å². The van der Waals surface area contributed by atoms with Crippen molar-refractivity contribution in [3.8, 4) is 5.75 Å². The van der Waals surface area contributed by atoms with Crippen LogP contribution in [0.25, 0.3) is 11.0 Å². The standard InChI is InChI=1S/C28H35F2N5O2/c1-4-31-26-27(35-12-10-19(11-13-35)37-24-9-8-18(29)14-20(24)30)34-23-16-32-22(15-21(23)33-26)25(28(2,3)36)17-6-5-7-17/h8-9,14-17,19,25,36H,4-7,10-13H2,1-3H3,(H,31,33). The number of benzene rings is 1. The summed E-state index contributed by atoms with van der Waals surface area (Å²) in [5, 5.41) is 14.2. The maximum absolute atomic E-state index is 14.0. The Balaban J connectivity index is 1.36. The second-order valence-electron chi connectivity index (χ2n) is 10.7. The molecule has 3 aromatic rings. The summed E-state index contributed by atoms with van der Waals surface area (Å²) in [6.07, 6.45) is 6.36. The summed E-state index contributed by atoms with van der Waals surface area (Å²) in [7, 11) is 0. The highest BCUT2D eigenvalue weighted by Crippen LogP contribution is 2.45. The van der Waals surface area contributed by atoms with Gasteiger partial charge in [0.05, 0.1) is 17.3 Å². The lowest BCUT2D eigenvalue weighted by atomic mass is 9.68. The molecule has 7 nitrogen and oxygen atoms in total. The molecule has 1 atom stereocenters. The molecule has 2 aliphatic rings. The van der Waals surface area contributed by atoms with Crippen LogP contribution in [0.3, 0.4) is 0 Å². The fourth-order valence-electron chi connectivity index (χ4n) is 5.53. The number of pyridine rings is 1. The number of fused-ring (bicyclic) bond motifs is 1. The Morgan fingerprint density at radius 3 is 2.49 bits per heavy atom. The third-order valence-corrected chi connectivity index (χ3v) is 7.53. The van der Waals surface area contributed by atoms with Gasteiger partial charge in [0.25, 0.3) is 0 Å². The molecule has 2 aromatic heterocycles. The minimum Gasteiger partial charge on any atom is -0.487 e. The number of anilines is 2. The smallest absolute Gasteiger partial charge is 0.172 e. The monoisotopic (exact) mass is 511 g/mol. The number of hydrogen-bond acceptors (Lipinski definition) is 7. The maximum Gasteiger partial charge on any atom is 0.172 e. The third kappa shape index (κ3) is 5.46. The molecule has 2 N–H and O–H groups in total. The Labute approximate surface area is 216 Å². The first-order chi connectivity index (χ1) is 17.7. The van der Waals surface area contributed by atoms with Crippen molar-refractivity contribution in [2.24, 2.45) is 5.92 Å². The highest BCUT2D eigenvalue weighted by atomic mass is 19.1. The second-order valence-corrected chi connectivity index (χ2v) is 10.7. The van der Waals surface area contributed by atoms with Gasteiger partial charge in [0, 0.05) is 50.2 Å². The van der Waals surface area contributed by atoms with Gasteiger partial charge < -0.3 is 20.1 Å². The van der Waals surface area contributed by atoms with E-state index < -0.39 is 17.2 Å². The van der Waals surface area contributed by atoms with Gasteiger partial charge in [-0.2, -0.15) is 0 Å². The first-order valence-corrected chi connectivity index (χ1v) is 13.2. The van der Waals surface area contributed by atoms with Crippen LogP contribution in [0.5, 0.6) is 5.75 Å². The molecule has 0 bridgehead atoms. The number of piperidine rings is 1. The zero-order valence-electron chi connectivity index (χ0n) is 21.7. The van der Waals surface area contributed by atoms with Crippen molar-refractivity contribution >= 4 is 22.7 Å². The predicted octanol–water partition coefficient (Wildman–Crippen LogP) is 5.44. The summed E-state index contributed by atoms with van der Waals surface area (Å²) in [6.45, 7) is 7.77. The number of nitrogens with zero attached hydrogens (tertiary/aromatic N) is 4. The largest absolute Gasteiger partial charge is 0.487 e. The van der Waals surface area contributed by atoms with Crippen molar-refractivity contribution in [3.05, 3.63) is 47.8 Å². The Hall–Kier alpha value is -3.07. The highest BCUT2D eigenvalue weighted by Gasteiger charge is 2.39. The molecule has 1 saturated heterocycles. The molecule has 3 heterocycles. The van der Waals surface area contributed by atoms with Crippen LogP contribution in [0.4, 0.5) is 20.4 Å². The van der Waals surface area contributed by atoms with Gasteiger partial charge >= 0.3 is 0 Å². The van der Waals surface area contributed by atoms with Gasteiger partial charge in [-0.25, -0.2) is 18.7 Å². The summed E-state index contributed by atoms with van der Waals surface area (Å²) in [6, 6.07) is 5.36. The summed E-state index contributed by atoms with van der Waals surface area (Å²) in [5.41, 5.74) is 1.45. The molecule has 1 aromatic carbocycles. The summed E-state index contributed by atoms with van der Waals surface area (Å²) in [5.74, 6) is 0.621. The van der Waals surface area contributed by atoms with Crippen LogP contribution in [-0.2, 0) is 0 Å². The van der Waals surface area contributed by atoms with Gasteiger partial charge in [0.15, 0.2) is 23.2 Å². The molecule has 1 unspecified atom stereocenters. The molecule has 1 aliphatic heterocycles. The molecule has 1 aliphatic carbocycles. The fraction of sp³-hybridized carbons (Fsp3) is 0.536. The van der Waals surface area contributed by atoms with E-state index in [0.29, 0.717) is 49.7 Å². The number of hydrogen-bond donors (Lipinski definition) is 2. The van der Waals surface area contributed by atoms with Crippen molar-refractivity contribution in [1.82, 2.24) is 15.0 Å². The van der Waals surface area contributed by atoms with Crippen molar-refractivity contribution in [3.63, 3.8) is 0 Å². The Morgan fingerprint density at radius 1 is 1.11 bits per heavy atom. The lowest BCUT2D eigenvalue weighted by Crippen LogP contribution is -2.39. The molecule has 0 amide bonds. The van der Waals surface area contributed by atoms with E-state index in [1.54, 1.807) is 6.20 Å². The van der Waals surface area contributed by atoms with Gasteiger partial charge in [-0.1, -0.05) is 6.42 Å². The molecule has 0 spiro atoms. The van der Waals surface area contributed by atoms with E-state index in [1.807, 2.05) is 26.8 Å². The quantitative estimate of drug-likeness (QED) is 0.417. The molecule has 9 heteroatoms. The molecule has 198 valence electrons. The van der Waals surface area contributed by atoms with Gasteiger partial charge in [-0.05, 0) is 57.7 Å². The van der Waals surface area contributed by atoms with Gasteiger partial charge in [-0.3, -0.25) is 4.98 Å². The van der Waals surface area contributed by atoms with Crippen molar-refractivity contribution in [2.45, 2.75) is 70.5 Å². The van der Waals surface area contributed by atoms with Crippen molar-refractivity contribution < 1.29 is 18.6 Å². The molecule has 5 rings (SSSR count). The van der Waals surface area contributed by atoms with Gasteiger partial charge in [-0.15, -0.1) is 0 Å². The lowest BCUT2D eigenvalue weighted by molar-refractivity contribution is 0.00871. The zero-order valence-corrected chi connectivity index (χ0v) is 21.7. The van der Waals surface area contributed by atoms with E-state index in [-0.39, 0.29) is 17.8 Å². The van der Waals surface area contributed by atoms with Crippen molar-refractivity contribution in [1.29, 1.82) is 0 Å². The normalized spacial score (nSPS) is 18.1. The topological polar surface area (TPSA) is 83.4 Å². The van der Waals surface area contributed by atoms with Gasteiger partial charge in [0.1, 0.15) is 17.4 Å². The zero-order chi connectivity index (χ0) is 26.2. The molecule has 0 radical (unpaired) electrons. The lowest BCUT2D eigenvalue weighted by Gasteiger charge is -2.40. The first kappa shape index (κ1) is 25.6. The average Bonchev–Trinajstić information content (AvgIpc) is 2.82. The van der Waals surface area contributed by atoms with Crippen LogP contribution < -0.4 is 15.0 Å². The molecular weight excluding hydrogens is 476 g/mol. The minimum atomic E-state index is -0.868. The van der Waals surface area contributed by atoms with Crippen LogP contribution in [-0.4, -0.2) is 51.4 Å². The van der Waals surface area contributed by atoms with E-state index in [0.717, 1.165) is 35.9 Å². The molecular formula is C28H35F2N5O2. The molecule has 37 heavy (non-hydrogen) atoms. The van der Waals surface area contributed by atoms with Crippen molar-refractivity contribution in [2.75, 3.05) is 29.9 Å². The van der Waals surface area contributed by atoms with E-state index in [9.17, 15) is 13.9 Å². The number of ether oxygens (including phenoxy) is 1. The molecule has 2 fully saturated rings. The number of nitrogens with one attached hydrogen (secondary N) is 1. The van der Waals surface area contributed by atoms with Crippen LogP contribution in [0.15, 0.2) is 30.5 Å². The SMILES string of the molecule is CCNc1nc2cc(C(C3CCC3)C(C)(C)O)ncc2nc1N1CCC(Oc2ccc(F)cc2F)CC1. The van der Waals surface area contributed by atoms with Crippen LogP contribution in [0.2, 0.25) is 0 Å². The maximum atomic E-state index is 14.0. The number of aliphatic hydroxyl groups is 1. The van der Waals surface area contributed by atoms with E-state index in [4.69, 9.17) is 19.7 Å². The van der Waals surface area contributed by atoms with Crippen LogP contribution in [0, 0.1) is 17.6 Å². The Morgan fingerprint density at radius 2 is 1.86 bits per heavy atom.